The average Bonchev–Trinajstić information content (AvgIpc) is 3.24. The summed E-state index contributed by atoms with van der Waals surface area (Å²) in [6, 6.07) is 6.86. The average molecular weight is 645 g/mol. The molecule has 4 saturated heterocycles. The van der Waals surface area contributed by atoms with Crippen molar-refractivity contribution in [2.45, 2.75) is 122 Å². The molecule has 12 nitrogen and oxygen atoms in total. The highest BCUT2D eigenvalue weighted by atomic mass is 17.3. The number of carbonyl (C=O) groups is 4. The van der Waals surface area contributed by atoms with Gasteiger partial charge in [0.2, 0.25) is 23.9 Å². The second-order valence-electron chi connectivity index (χ2n) is 14.1. The molecule has 2 bridgehead atoms. The number of esters is 1. The first-order valence-electron chi connectivity index (χ1n) is 16.6. The Morgan fingerprint density at radius 1 is 0.978 bits per heavy atom. The Morgan fingerprint density at radius 2 is 1.72 bits per heavy atom. The van der Waals surface area contributed by atoms with Crippen molar-refractivity contribution < 1.29 is 48.3 Å². The van der Waals surface area contributed by atoms with E-state index in [0.29, 0.717) is 18.8 Å². The molecule has 5 aliphatic rings. The van der Waals surface area contributed by atoms with Gasteiger partial charge in [0.15, 0.2) is 11.9 Å². The van der Waals surface area contributed by atoms with Gasteiger partial charge in [0.1, 0.15) is 12.1 Å². The van der Waals surface area contributed by atoms with E-state index in [1.807, 2.05) is 33.8 Å². The van der Waals surface area contributed by atoms with E-state index >= 15 is 0 Å². The molecule has 4 aliphatic heterocycles. The van der Waals surface area contributed by atoms with E-state index in [-0.39, 0.29) is 42.9 Å². The molecule has 3 N–H and O–H groups in total. The molecule has 46 heavy (non-hydrogen) atoms. The van der Waals surface area contributed by atoms with Crippen LogP contribution in [0, 0.1) is 29.6 Å². The number of nitrogens with one attached hydrogen (secondary N) is 2. The van der Waals surface area contributed by atoms with Crippen molar-refractivity contribution >= 4 is 23.8 Å². The van der Waals surface area contributed by atoms with Crippen LogP contribution in [0.4, 0.5) is 0 Å². The Bertz CT molecular complexity index is 1280. The molecular weight excluding hydrogens is 596 g/mol. The molecular formula is C34H48N2O10. The van der Waals surface area contributed by atoms with Crippen LogP contribution in [0.2, 0.25) is 0 Å². The Balaban J connectivity index is 1.16. The lowest BCUT2D eigenvalue weighted by molar-refractivity contribution is -0.576. The number of aliphatic carboxylic acids is 1. The number of benzene rings is 1. The Kier molecular flexibility index (Phi) is 10.4. The smallest absolute Gasteiger partial charge is 0.326 e. The van der Waals surface area contributed by atoms with Crippen LogP contribution < -0.4 is 10.6 Å². The minimum absolute atomic E-state index is 0.0111. The van der Waals surface area contributed by atoms with Crippen molar-refractivity contribution in [3.05, 3.63) is 35.9 Å². The summed E-state index contributed by atoms with van der Waals surface area (Å²) < 4.78 is 18.4. The summed E-state index contributed by atoms with van der Waals surface area (Å²) in [5.74, 6) is -3.43. The molecule has 0 aromatic heterocycles. The molecule has 1 aromatic carbocycles. The standard InChI is InChI=1S/C34H48N2O10/c1-19(2)17-25(29(39)36-26(30(40)41)18-22-9-7-6-8-10-22)35-27(37)13-14-28(38)42-31-21(4)24-12-11-20(3)23-15-16-33(5)44-32(43-31)34(23,24)46-45-33/h6-10,19-21,23-26,31-32H,11-18H2,1-5H3,(H,35,37)(H,36,39)(H,40,41)/t20-,21-,23+,24-,25+,26+,31-,32+,33+,34-/m1/s1. The van der Waals surface area contributed by atoms with E-state index in [4.69, 9.17) is 24.0 Å². The Hall–Kier alpha value is -3.06. The van der Waals surface area contributed by atoms with Crippen molar-refractivity contribution in [2.75, 3.05) is 0 Å². The highest BCUT2D eigenvalue weighted by Crippen LogP contribution is 2.60. The van der Waals surface area contributed by atoms with Crippen LogP contribution >= 0.6 is 0 Å². The number of hydrogen-bond acceptors (Lipinski definition) is 9. The van der Waals surface area contributed by atoms with Crippen LogP contribution in [0.1, 0.15) is 85.1 Å². The van der Waals surface area contributed by atoms with Gasteiger partial charge in [-0.2, -0.15) is 0 Å². The van der Waals surface area contributed by atoms with E-state index in [9.17, 15) is 24.3 Å². The highest BCUT2D eigenvalue weighted by molar-refractivity contribution is 5.91. The first-order chi connectivity index (χ1) is 21.8. The van der Waals surface area contributed by atoms with Crippen LogP contribution in [0.25, 0.3) is 0 Å². The lowest BCUT2D eigenvalue weighted by Gasteiger charge is -2.59. The van der Waals surface area contributed by atoms with Gasteiger partial charge < -0.3 is 30.0 Å². The molecule has 5 fully saturated rings. The van der Waals surface area contributed by atoms with Crippen LogP contribution in [0.15, 0.2) is 30.3 Å². The van der Waals surface area contributed by atoms with Gasteiger partial charge >= 0.3 is 11.9 Å². The van der Waals surface area contributed by atoms with Gasteiger partial charge in [0, 0.05) is 31.1 Å². The zero-order valence-electron chi connectivity index (χ0n) is 27.4. The monoisotopic (exact) mass is 644 g/mol. The molecule has 1 aliphatic carbocycles. The van der Waals surface area contributed by atoms with E-state index in [1.54, 1.807) is 24.3 Å². The first kappa shape index (κ1) is 34.3. The summed E-state index contributed by atoms with van der Waals surface area (Å²) in [7, 11) is 0. The molecule has 6 rings (SSSR count). The van der Waals surface area contributed by atoms with Crippen LogP contribution in [-0.4, -0.2) is 64.9 Å². The number of hydrogen-bond donors (Lipinski definition) is 3. The van der Waals surface area contributed by atoms with Crippen molar-refractivity contribution in [3.63, 3.8) is 0 Å². The lowest BCUT2D eigenvalue weighted by Crippen LogP contribution is -2.70. The summed E-state index contributed by atoms with van der Waals surface area (Å²) in [6.07, 6.45) is 1.75. The number of ether oxygens (including phenoxy) is 3. The van der Waals surface area contributed by atoms with Gasteiger partial charge in [-0.05, 0) is 55.9 Å². The zero-order valence-corrected chi connectivity index (χ0v) is 27.4. The molecule has 2 amide bonds. The summed E-state index contributed by atoms with van der Waals surface area (Å²) in [6.45, 7) is 9.83. The van der Waals surface area contributed by atoms with E-state index in [2.05, 4.69) is 17.6 Å². The molecule has 4 heterocycles. The number of rotatable bonds is 12. The maximum atomic E-state index is 13.2. The predicted octanol–water partition coefficient (Wildman–Crippen LogP) is 3.86. The fourth-order valence-corrected chi connectivity index (χ4v) is 7.70. The number of carboxylic acids is 1. The number of fused-ring (bicyclic) bond motifs is 2. The minimum Gasteiger partial charge on any atom is -0.480 e. The highest BCUT2D eigenvalue weighted by Gasteiger charge is 2.69. The van der Waals surface area contributed by atoms with Crippen LogP contribution in [0.5, 0.6) is 0 Å². The van der Waals surface area contributed by atoms with Gasteiger partial charge in [-0.25, -0.2) is 14.6 Å². The molecule has 12 heteroatoms. The number of carbonyl (C=O) groups excluding carboxylic acids is 3. The topological polar surface area (TPSA) is 159 Å². The molecule has 1 aromatic rings. The predicted molar refractivity (Wildman–Crippen MR) is 163 cm³/mol. The van der Waals surface area contributed by atoms with Crippen molar-refractivity contribution in [2.24, 2.45) is 29.6 Å². The van der Waals surface area contributed by atoms with E-state index in [0.717, 1.165) is 24.8 Å². The third kappa shape index (κ3) is 7.25. The quantitative estimate of drug-likeness (QED) is 0.225. The molecule has 1 spiro atoms. The fraction of sp³-hybridized carbons (Fsp3) is 0.706. The largest absolute Gasteiger partial charge is 0.480 e. The van der Waals surface area contributed by atoms with Crippen LogP contribution in [-0.2, 0) is 49.6 Å². The third-order valence-corrected chi connectivity index (χ3v) is 10.2. The Labute approximate surface area is 270 Å². The maximum Gasteiger partial charge on any atom is 0.326 e. The van der Waals surface area contributed by atoms with Gasteiger partial charge in [-0.3, -0.25) is 14.4 Å². The van der Waals surface area contributed by atoms with E-state index in [1.165, 1.54) is 0 Å². The second kappa shape index (κ2) is 14.0. The zero-order chi connectivity index (χ0) is 33.2. The summed E-state index contributed by atoms with van der Waals surface area (Å²) in [5, 5.41) is 15.0. The van der Waals surface area contributed by atoms with E-state index < -0.39 is 59.8 Å². The summed E-state index contributed by atoms with van der Waals surface area (Å²) in [4.78, 5) is 63.0. The lowest BCUT2D eigenvalue weighted by atomic mass is 9.58. The SMILES string of the molecule is CC(C)C[C@H](NC(=O)CCC(=O)O[C@@H]1O[C@H]2O[C@]3(C)CC[C@H]4[C@H](C)CC[C@H]([C@H]1C)[C@@]24OO3)C(=O)N[C@@H](Cc1ccccc1)C(=O)O. The van der Waals surface area contributed by atoms with Gasteiger partial charge in [-0.15, -0.1) is 0 Å². The molecule has 1 saturated carbocycles. The number of carboxylic acid groups (broad SMARTS) is 1. The molecule has 254 valence electrons. The molecule has 10 atom stereocenters. The van der Waals surface area contributed by atoms with Crippen LogP contribution in [0.3, 0.4) is 0 Å². The third-order valence-electron chi connectivity index (χ3n) is 10.2. The van der Waals surface area contributed by atoms with Gasteiger partial charge in [-0.1, -0.05) is 58.0 Å². The normalized spacial score (nSPS) is 34.5. The number of amides is 2. The summed E-state index contributed by atoms with van der Waals surface area (Å²) in [5.41, 5.74) is -0.0153. The molecule has 0 radical (unpaired) electrons. The van der Waals surface area contributed by atoms with Gasteiger partial charge in [0.25, 0.3) is 0 Å². The second-order valence-corrected chi connectivity index (χ2v) is 14.1. The Morgan fingerprint density at radius 3 is 2.41 bits per heavy atom. The molecule has 0 unspecified atom stereocenters. The van der Waals surface area contributed by atoms with Crippen molar-refractivity contribution in [1.82, 2.24) is 10.6 Å². The fourth-order valence-electron chi connectivity index (χ4n) is 7.70. The van der Waals surface area contributed by atoms with Gasteiger partial charge in [0.05, 0.1) is 6.42 Å². The van der Waals surface area contributed by atoms with Crippen molar-refractivity contribution in [3.8, 4) is 0 Å². The maximum absolute atomic E-state index is 13.2. The summed E-state index contributed by atoms with van der Waals surface area (Å²) >= 11 is 0. The first-order valence-corrected chi connectivity index (χ1v) is 16.6. The van der Waals surface area contributed by atoms with Crippen molar-refractivity contribution in [1.29, 1.82) is 0 Å². The minimum atomic E-state index is -1.17.